The quantitative estimate of drug-likeness (QED) is 0.350. The van der Waals surface area contributed by atoms with Crippen molar-refractivity contribution < 1.29 is 4.39 Å². The average Bonchev–Trinajstić information content (AvgIpc) is 3.30. The van der Waals surface area contributed by atoms with Crippen molar-refractivity contribution in [3.8, 4) is 23.4 Å². The number of nitrogens with zero attached hydrogens (tertiary/aromatic N) is 3. The maximum Gasteiger partial charge on any atom is 0.206 e. The molecule has 3 rings (SSSR count). The van der Waals surface area contributed by atoms with Crippen LogP contribution in [0.25, 0.3) is 21.3 Å². The number of terminal acetylenes is 1. The summed E-state index contributed by atoms with van der Waals surface area (Å²) >= 11 is 1.60. The number of hydrogen-bond acceptors (Lipinski definition) is 6. The molecule has 31 heavy (non-hydrogen) atoms. The Balaban J connectivity index is 0.000000992. The SMILES string of the molecule is C#C.C/C=C/F.C/C=C\CCC(C)Nc1nnc(-c2ccc3cnccc3c2)s1.CN. The fraction of sp³-hybridized carbons (Fsp3) is 0.292. The summed E-state index contributed by atoms with van der Waals surface area (Å²) < 4.78 is 10.5. The Hall–Kier alpha value is -3.08. The third-order valence-electron chi connectivity index (χ3n) is 3.81. The molecular weight excluding hydrogens is 409 g/mol. The lowest BCUT2D eigenvalue weighted by atomic mass is 10.1. The zero-order chi connectivity index (χ0) is 23.5. The first-order chi connectivity index (χ1) is 15.2. The number of anilines is 1. The van der Waals surface area contributed by atoms with Gasteiger partial charge in [-0.3, -0.25) is 4.98 Å². The second-order valence-electron chi connectivity index (χ2n) is 6.00. The second kappa shape index (κ2) is 17.8. The van der Waals surface area contributed by atoms with Crippen molar-refractivity contribution >= 4 is 27.2 Å². The molecule has 2 aromatic heterocycles. The fourth-order valence-electron chi connectivity index (χ4n) is 2.41. The Morgan fingerprint density at radius 2 is 1.84 bits per heavy atom. The molecule has 1 aromatic carbocycles. The number of hydrogen-bond donors (Lipinski definition) is 2. The van der Waals surface area contributed by atoms with Crippen LogP contribution in [0.15, 0.2) is 61.2 Å². The molecular formula is C24H32FN5S. The smallest absolute Gasteiger partial charge is 0.206 e. The number of nitrogens with one attached hydrogen (secondary N) is 1. The minimum Gasteiger partial charge on any atom is -0.358 e. The Morgan fingerprint density at radius 3 is 2.48 bits per heavy atom. The summed E-state index contributed by atoms with van der Waals surface area (Å²) in [5.41, 5.74) is 5.59. The molecule has 0 aliphatic heterocycles. The molecule has 2 heterocycles. The first-order valence-corrected chi connectivity index (χ1v) is 10.7. The van der Waals surface area contributed by atoms with E-state index in [1.165, 1.54) is 18.5 Å². The van der Waals surface area contributed by atoms with Gasteiger partial charge in [0, 0.05) is 29.4 Å². The first kappa shape index (κ1) is 27.9. The van der Waals surface area contributed by atoms with Crippen LogP contribution in [0.1, 0.15) is 33.6 Å². The highest BCUT2D eigenvalue weighted by Crippen LogP contribution is 2.29. The summed E-state index contributed by atoms with van der Waals surface area (Å²) in [6, 6.07) is 8.68. The molecule has 0 radical (unpaired) electrons. The standard InChI is InChI=1S/C18H20N4S.C3H5F.C2H2.CH5N/c1-3-4-5-6-13(2)20-18-22-21-17(23-18)15-7-8-16-12-19-10-9-14(16)11-15;1-2-3-4;2*1-2/h3-4,7-13H,5-6H2,1-2H3,(H,20,22);2-3H,1H3;1-2H;2H2,1H3/b4-3-;3-2+;;. The van der Waals surface area contributed by atoms with Gasteiger partial charge in [-0.2, -0.15) is 0 Å². The van der Waals surface area contributed by atoms with Gasteiger partial charge in [0.2, 0.25) is 5.13 Å². The number of halogens is 1. The van der Waals surface area contributed by atoms with Gasteiger partial charge >= 0.3 is 0 Å². The molecule has 7 heteroatoms. The number of aromatic nitrogens is 3. The molecule has 3 N–H and O–H groups in total. The molecule has 3 aromatic rings. The predicted octanol–water partition coefficient (Wildman–Crippen LogP) is 6.22. The molecule has 0 spiro atoms. The van der Waals surface area contributed by atoms with Gasteiger partial charge in [-0.25, -0.2) is 4.39 Å². The summed E-state index contributed by atoms with van der Waals surface area (Å²) in [7, 11) is 1.50. The number of allylic oxidation sites excluding steroid dienone is 3. The highest BCUT2D eigenvalue weighted by Gasteiger charge is 2.09. The normalized spacial score (nSPS) is 11.0. The monoisotopic (exact) mass is 441 g/mol. The van der Waals surface area contributed by atoms with Crippen molar-refractivity contribution in [3.05, 3.63) is 61.2 Å². The van der Waals surface area contributed by atoms with Crippen LogP contribution in [0.3, 0.4) is 0 Å². The number of nitrogens with two attached hydrogens (primary N) is 1. The summed E-state index contributed by atoms with van der Waals surface area (Å²) in [6.07, 6.45) is 20.0. The molecule has 0 saturated carbocycles. The van der Waals surface area contributed by atoms with Crippen molar-refractivity contribution in [2.75, 3.05) is 12.4 Å². The van der Waals surface area contributed by atoms with Crippen molar-refractivity contribution in [2.45, 2.75) is 39.7 Å². The summed E-state index contributed by atoms with van der Waals surface area (Å²) in [4.78, 5) is 4.14. The summed E-state index contributed by atoms with van der Waals surface area (Å²) in [6.45, 7) is 5.85. The highest BCUT2D eigenvalue weighted by atomic mass is 32.1. The Morgan fingerprint density at radius 1 is 1.13 bits per heavy atom. The van der Waals surface area contributed by atoms with E-state index >= 15 is 0 Å². The van der Waals surface area contributed by atoms with Gasteiger partial charge in [-0.1, -0.05) is 41.7 Å². The molecule has 166 valence electrons. The Labute approximate surface area is 189 Å². The Bertz CT molecular complexity index is 930. The second-order valence-corrected chi connectivity index (χ2v) is 6.98. The van der Waals surface area contributed by atoms with Gasteiger partial charge in [0.25, 0.3) is 0 Å². The first-order valence-electron chi connectivity index (χ1n) is 9.85. The summed E-state index contributed by atoms with van der Waals surface area (Å²) in [5.74, 6) is 0. The zero-order valence-electron chi connectivity index (χ0n) is 18.6. The third kappa shape index (κ3) is 10.5. The molecule has 1 unspecified atom stereocenters. The molecule has 0 aliphatic rings. The zero-order valence-corrected chi connectivity index (χ0v) is 19.4. The summed E-state index contributed by atoms with van der Waals surface area (Å²) in [5, 5.41) is 16.1. The van der Waals surface area contributed by atoms with Crippen molar-refractivity contribution in [1.82, 2.24) is 15.2 Å². The van der Waals surface area contributed by atoms with Gasteiger partial charge < -0.3 is 11.1 Å². The van der Waals surface area contributed by atoms with Crippen LogP contribution >= 0.6 is 11.3 Å². The third-order valence-corrected chi connectivity index (χ3v) is 4.71. The minimum absolute atomic E-state index is 0.384. The predicted molar refractivity (Wildman–Crippen MR) is 134 cm³/mol. The van der Waals surface area contributed by atoms with E-state index in [2.05, 4.69) is 83.3 Å². The number of rotatable bonds is 6. The lowest BCUT2D eigenvalue weighted by Gasteiger charge is -2.10. The van der Waals surface area contributed by atoms with Crippen LogP contribution in [-0.4, -0.2) is 28.3 Å². The van der Waals surface area contributed by atoms with Gasteiger partial charge in [0.15, 0.2) is 0 Å². The van der Waals surface area contributed by atoms with Crippen molar-refractivity contribution in [2.24, 2.45) is 5.73 Å². The molecule has 5 nitrogen and oxygen atoms in total. The van der Waals surface area contributed by atoms with Gasteiger partial charge in [-0.05, 0) is 58.2 Å². The number of pyridine rings is 1. The molecule has 0 bridgehead atoms. The van der Waals surface area contributed by atoms with Gasteiger partial charge in [0.1, 0.15) is 5.01 Å². The van der Waals surface area contributed by atoms with Crippen LogP contribution in [0.2, 0.25) is 0 Å². The molecule has 0 saturated heterocycles. The van der Waals surface area contributed by atoms with E-state index < -0.39 is 0 Å². The van der Waals surface area contributed by atoms with Crippen LogP contribution in [0.5, 0.6) is 0 Å². The number of benzene rings is 1. The molecule has 0 fully saturated rings. The van der Waals surface area contributed by atoms with E-state index in [1.807, 2.05) is 18.5 Å². The molecule has 0 amide bonds. The minimum atomic E-state index is 0.384. The Kier molecular flexibility index (Phi) is 16.0. The fourth-order valence-corrected chi connectivity index (χ4v) is 3.26. The van der Waals surface area contributed by atoms with E-state index in [9.17, 15) is 4.39 Å². The van der Waals surface area contributed by atoms with Crippen LogP contribution in [0, 0.1) is 12.8 Å². The van der Waals surface area contributed by atoms with Gasteiger partial charge in [-0.15, -0.1) is 23.0 Å². The van der Waals surface area contributed by atoms with Crippen molar-refractivity contribution in [1.29, 1.82) is 0 Å². The van der Waals surface area contributed by atoms with E-state index in [1.54, 1.807) is 18.3 Å². The molecule has 1 atom stereocenters. The van der Waals surface area contributed by atoms with Crippen LogP contribution in [0.4, 0.5) is 9.52 Å². The highest BCUT2D eigenvalue weighted by molar-refractivity contribution is 7.18. The van der Waals surface area contributed by atoms with E-state index in [4.69, 9.17) is 0 Å². The topological polar surface area (TPSA) is 76.7 Å². The number of fused-ring (bicyclic) bond motifs is 1. The average molecular weight is 442 g/mol. The maximum atomic E-state index is 10.5. The van der Waals surface area contributed by atoms with Crippen LogP contribution < -0.4 is 11.1 Å². The largest absolute Gasteiger partial charge is 0.358 e. The van der Waals surface area contributed by atoms with E-state index in [-0.39, 0.29) is 0 Å². The maximum absolute atomic E-state index is 10.5. The lowest BCUT2D eigenvalue weighted by Crippen LogP contribution is -2.14. The molecule has 0 aliphatic carbocycles. The van der Waals surface area contributed by atoms with Gasteiger partial charge in [0.05, 0.1) is 6.33 Å². The van der Waals surface area contributed by atoms with E-state index in [0.717, 1.165) is 33.9 Å². The van der Waals surface area contributed by atoms with E-state index in [0.29, 0.717) is 12.4 Å². The van der Waals surface area contributed by atoms with Crippen LogP contribution in [-0.2, 0) is 0 Å². The van der Waals surface area contributed by atoms with Crippen molar-refractivity contribution in [3.63, 3.8) is 0 Å². The lowest BCUT2D eigenvalue weighted by molar-refractivity contribution is 0.715.